The molecule has 7 nitrogen and oxygen atoms in total. The molecule has 30 heavy (non-hydrogen) atoms. The van der Waals surface area contributed by atoms with Crippen LogP contribution in [-0.2, 0) is 14.8 Å². The second kappa shape index (κ2) is 9.24. The number of hydrogen-bond donors (Lipinski definition) is 1. The molecule has 0 aliphatic carbocycles. The molecule has 162 valence electrons. The number of ether oxygens (including phenoxy) is 2. The average Bonchev–Trinajstić information content (AvgIpc) is 3.22. The molecule has 0 aromatic heterocycles. The lowest BCUT2D eigenvalue weighted by molar-refractivity contribution is -0.133. The maximum atomic E-state index is 13.1. The van der Waals surface area contributed by atoms with Gasteiger partial charge in [-0.15, -0.1) is 0 Å². The van der Waals surface area contributed by atoms with E-state index in [0.29, 0.717) is 23.1 Å². The fourth-order valence-electron chi connectivity index (χ4n) is 3.66. The second-order valence-electron chi connectivity index (χ2n) is 7.09. The Kier molecular flexibility index (Phi) is 6.90. The van der Waals surface area contributed by atoms with Gasteiger partial charge in [0, 0.05) is 23.2 Å². The second-order valence-corrected chi connectivity index (χ2v) is 9.24. The van der Waals surface area contributed by atoms with Crippen molar-refractivity contribution in [1.82, 2.24) is 9.62 Å². The number of carbonyl (C=O) groups is 1. The molecule has 0 bridgehead atoms. The average molecular weight is 453 g/mol. The van der Waals surface area contributed by atoms with Crippen molar-refractivity contribution in [3.8, 4) is 11.5 Å². The third-order valence-corrected chi connectivity index (χ3v) is 6.97. The number of hydrogen-bond acceptors (Lipinski definition) is 5. The highest BCUT2D eigenvalue weighted by Gasteiger charge is 2.35. The van der Waals surface area contributed by atoms with Crippen molar-refractivity contribution in [2.75, 3.05) is 20.8 Å². The number of carbonyl (C=O) groups excluding carboxylic acids is 1. The largest absolute Gasteiger partial charge is 0.497 e. The van der Waals surface area contributed by atoms with Crippen molar-refractivity contribution in [1.29, 1.82) is 0 Å². The van der Waals surface area contributed by atoms with E-state index in [0.717, 1.165) is 18.4 Å². The molecule has 1 aliphatic heterocycles. The number of sulfonamides is 1. The SMILES string of the molecule is COc1ccc(C2CCCN2C(=O)[C@H](C)NS(=O)(=O)c2ccc(Cl)cc2)c(OC)c1. The molecule has 1 fully saturated rings. The van der Waals surface area contributed by atoms with E-state index in [1.807, 2.05) is 12.1 Å². The lowest BCUT2D eigenvalue weighted by Gasteiger charge is -2.29. The molecule has 0 saturated carbocycles. The van der Waals surface area contributed by atoms with Gasteiger partial charge in [-0.1, -0.05) is 11.6 Å². The van der Waals surface area contributed by atoms with Crippen molar-refractivity contribution in [2.24, 2.45) is 0 Å². The fraction of sp³-hybridized carbons (Fsp3) is 0.381. The van der Waals surface area contributed by atoms with Crippen LogP contribution in [0.5, 0.6) is 11.5 Å². The molecule has 1 unspecified atom stereocenters. The summed E-state index contributed by atoms with van der Waals surface area (Å²) in [7, 11) is -0.703. The highest BCUT2D eigenvalue weighted by atomic mass is 35.5. The van der Waals surface area contributed by atoms with Crippen LogP contribution in [0.4, 0.5) is 0 Å². The topological polar surface area (TPSA) is 84.9 Å². The van der Waals surface area contributed by atoms with Crippen molar-refractivity contribution >= 4 is 27.5 Å². The van der Waals surface area contributed by atoms with E-state index in [1.165, 1.54) is 24.3 Å². The van der Waals surface area contributed by atoms with E-state index in [9.17, 15) is 13.2 Å². The quantitative estimate of drug-likeness (QED) is 0.696. The summed E-state index contributed by atoms with van der Waals surface area (Å²) in [5.41, 5.74) is 0.872. The standard InChI is InChI=1S/C21H25ClN2O5S/c1-14(23-30(26,27)17-9-6-15(22)7-10-17)21(25)24-12-4-5-19(24)18-11-8-16(28-2)13-20(18)29-3/h6-11,13-14,19,23H,4-5,12H2,1-3H3/t14-,19?/m0/s1. The van der Waals surface area contributed by atoms with E-state index in [-0.39, 0.29) is 16.8 Å². The third-order valence-electron chi connectivity index (χ3n) is 5.16. The smallest absolute Gasteiger partial charge is 0.241 e. The summed E-state index contributed by atoms with van der Waals surface area (Å²) in [5, 5.41) is 0.437. The molecule has 1 saturated heterocycles. The maximum Gasteiger partial charge on any atom is 0.241 e. The predicted molar refractivity (Wildman–Crippen MR) is 114 cm³/mol. The summed E-state index contributed by atoms with van der Waals surface area (Å²) < 4.78 is 38.5. The molecule has 1 N–H and O–H groups in total. The van der Waals surface area contributed by atoms with Crippen LogP contribution in [0.15, 0.2) is 47.4 Å². The minimum atomic E-state index is -3.85. The number of likely N-dealkylation sites (tertiary alicyclic amines) is 1. The highest BCUT2D eigenvalue weighted by molar-refractivity contribution is 7.89. The van der Waals surface area contributed by atoms with Gasteiger partial charge in [0.25, 0.3) is 0 Å². The molecule has 1 aliphatic rings. The van der Waals surface area contributed by atoms with Gasteiger partial charge in [0.15, 0.2) is 0 Å². The lowest BCUT2D eigenvalue weighted by atomic mass is 10.0. The molecular weight excluding hydrogens is 428 g/mol. The van der Waals surface area contributed by atoms with Gasteiger partial charge in [0.2, 0.25) is 15.9 Å². The van der Waals surface area contributed by atoms with Crippen LogP contribution in [0.25, 0.3) is 0 Å². The summed E-state index contributed by atoms with van der Waals surface area (Å²) in [6, 6.07) is 10.2. The van der Waals surface area contributed by atoms with Crippen LogP contribution < -0.4 is 14.2 Å². The number of benzene rings is 2. The van der Waals surface area contributed by atoms with Crippen LogP contribution >= 0.6 is 11.6 Å². The Bertz CT molecular complexity index is 1010. The Morgan fingerprint density at radius 2 is 1.87 bits per heavy atom. The van der Waals surface area contributed by atoms with Gasteiger partial charge in [0.05, 0.1) is 31.2 Å². The first-order chi connectivity index (χ1) is 14.3. The molecule has 0 radical (unpaired) electrons. The first kappa shape index (κ1) is 22.4. The van der Waals surface area contributed by atoms with Crippen molar-refractivity contribution in [3.05, 3.63) is 53.1 Å². The molecule has 2 atom stereocenters. The Balaban J connectivity index is 1.79. The van der Waals surface area contributed by atoms with Crippen LogP contribution in [-0.4, -0.2) is 46.0 Å². The summed E-state index contributed by atoms with van der Waals surface area (Å²) >= 11 is 5.83. The minimum Gasteiger partial charge on any atom is -0.497 e. The Labute approximate surface area is 182 Å². The first-order valence-corrected chi connectivity index (χ1v) is 11.4. The highest BCUT2D eigenvalue weighted by Crippen LogP contribution is 2.39. The third kappa shape index (κ3) is 4.71. The lowest BCUT2D eigenvalue weighted by Crippen LogP contribution is -2.46. The summed E-state index contributed by atoms with van der Waals surface area (Å²) in [6.07, 6.45) is 1.59. The van der Waals surface area contributed by atoms with E-state index < -0.39 is 16.1 Å². The zero-order valence-corrected chi connectivity index (χ0v) is 18.7. The number of methoxy groups -OCH3 is 2. The van der Waals surface area contributed by atoms with Gasteiger partial charge in [-0.25, -0.2) is 8.42 Å². The Morgan fingerprint density at radius 3 is 2.50 bits per heavy atom. The molecule has 9 heteroatoms. The Morgan fingerprint density at radius 1 is 1.17 bits per heavy atom. The van der Waals surface area contributed by atoms with Gasteiger partial charge in [0.1, 0.15) is 11.5 Å². The Hall–Kier alpha value is -2.29. The van der Waals surface area contributed by atoms with E-state index in [4.69, 9.17) is 21.1 Å². The van der Waals surface area contributed by atoms with Gasteiger partial charge >= 0.3 is 0 Å². The molecule has 0 spiro atoms. The summed E-state index contributed by atoms with van der Waals surface area (Å²) in [4.78, 5) is 14.9. The van der Waals surface area contributed by atoms with Gasteiger partial charge < -0.3 is 14.4 Å². The zero-order valence-electron chi connectivity index (χ0n) is 17.1. The normalized spacial score (nSPS) is 17.6. The van der Waals surface area contributed by atoms with Crippen molar-refractivity contribution in [2.45, 2.75) is 36.7 Å². The van der Waals surface area contributed by atoms with Crippen LogP contribution in [0.3, 0.4) is 0 Å². The fourth-order valence-corrected chi connectivity index (χ4v) is 4.98. The molecular formula is C21H25ClN2O5S. The molecule has 1 heterocycles. The van der Waals surface area contributed by atoms with Gasteiger partial charge in [-0.05, 0) is 56.2 Å². The zero-order chi connectivity index (χ0) is 21.9. The molecule has 3 rings (SSSR count). The first-order valence-electron chi connectivity index (χ1n) is 9.57. The number of amides is 1. The van der Waals surface area contributed by atoms with Gasteiger partial charge in [-0.2, -0.15) is 4.72 Å². The number of nitrogens with zero attached hydrogens (tertiary/aromatic N) is 1. The van der Waals surface area contributed by atoms with Crippen LogP contribution in [0, 0.1) is 0 Å². The van der Waals surface area contributed by atoms with Crippen LogP contribution in [0.2, 0.25) is 5.02 Å². The number of rotatable bonds is 7. The van der Waals surface area contributed by atoms with E-state index in [2.05, 4.69) is 4.72 Å². The maximum absolute atomic E-state index is 13.1. The molecule has 2 aromatic rings. The predicted octanol–water partition coefficient (Wildman–Crippen LogP) is 3.39. The summed E-state index contributed by atoms with van der Waals surface area (Å²) in [6.45, 7) is 2.10. The summed E-state index contributed by atoms with van der Waals surface area (Å²) in [5.74, 6) is 1.01. The number of halogens is 1. The van der Waals surface area contributed by atoms with E-state index >= 15 is 0 Å². The monoisotopic (exact) mass is 452 g/mol. The van der Waals surface area contributed by atoms with E-state index in [1.54, 1.807) is 32.1 Å². The van der Waals surface area contributed by atoms with Crippen LogP contribution in [0.1, 0.15) is 31.4 Å². The minimum absolute atomic E-state index is 0.0568. The number of nitrogens with one attached hydrogen (secondary N) is 1. The molecule has 1 amide bonds. The van der Waals surface area contributed by atoms with Crippen molar-refractivity contribution in [3.63, 3.8) is 0 Å². The van der Waals surface area contributed by atoms with Crippen molar-refractivity contribution < 1.29 is 22.7 Å². The van der Waals surface area contributed by atoms with Gasteiger partial charge in [-0.3, -0.25) is 4.79 Å². The molecule has 2 aromatic carbocycles.